The van der Waals surface area contributed by atoms with Crippen LogP contribution in [-0.4, -0.2) is 10.7 Å². The average molecular weight is 338 g/mol. The Bertz CT molecular complexity index is 861. The molecular formula is C20H22N2OS. The number of aryl methyl sites for hydroxylation is 1. The van der Waals surface area contributed by atoms with Crippen molar-refractivity contribution in [3.8, 4) is 11.6 Å². The summed E-state index contributed by atoms with van der Waals surface area (Å²) >= 11 is 1.83. The summed E-state index contributed by atoms with van der Waals surface area (Å²) in [5.74, 6) is 2.51. The fraction of sp³-hybridized carbons (Fsp3) is 0.250. The quantitative estimate of drug-likeness (QED) is 0.627. The second-order valence-electron chi connectivity index (χ2n) is 5.85. The van der Waals surface area contributed by atoms with E-state index in [1.54, 1.807) is 0 Å². The third kappa shape index (κ3) is 3.71. The lowest BCUT2D eigenvalue weighted by molar-refractivity contribution is 0.461. The van der Waals surface area contributed by atoms with Crippen molar-refractivity contribution in [1.82, 2.24) is 4.98 Å². The van der Waals surface area contributed by atoms with Crippen LogP contribution in [-0.2, 0) is 0 Å². The first-order chi connectivity index (χ1) is 11.6. The third-order valence-electron chi connectivity index (χ3n) is 3.89. The maximum atomic E-state index is 5.98. The molecule has 2 aromatic carbocycles. The molecule has 3 rings (SSSR count). The molecule has 0 spiro atoms. The molecule has 0 aliphatic rings. The molecule has 4 heteroatoms. The highest BCUT2D eigenvalue weighted by Crippen LogP contribution is 2.29. The van der Waals surface area contributed by atoms with Crippen LogP contribution >= 0.6 is 11.8 Å². The molecule has 3 nitrogen and oxygen atoms in total. The summed E-state index contributed by atoms with van der Waals surface area (Å²) < 4.78 is 5.98. The Morgan fingerprint density at radius 3 is 2.67 bits per heavy atom. The Labute approximate surface area is 147 Å². The van der Waals surface area contributed by atoms with Crippen LogP contribution in [0.15, 0.2) is 53.4 Å². The second-order valence-corrected chi connectivity index (χ2v) is 7.19. The van der Waals surface area contributed by atoms with E-state index in [2.05, 4.69) is 37.0 Å². The largest absolute Gasteiger partial charge is 0.439 e. The fourth-order valence-corrected chi connectivity index (χ4v) is 3.33. The Morgan fingerprint density at radius 1 is 1.12 bits per heavy atom. The van der Waals surface area contributed by atoms with E-state index < -0.39 is 0 Å². The molecule has 124 valence electrons. The Balaban J connectivity index is 1.86. The van der Waals surface area contributed by atoms with Gasteiger partial charge in [0.1, 0.15) is 5.75 Å². The summed E-state index contributed by atoms with van der Waals surface area (Å²) in [7, 11) is 0. The minimum absolute atomic E-state index is 0.0208. The van der Waals surface area contributed by atoms with Gasteiger partial charge in [-0.25, -0.2) is 4.98 Å². The number of rotatable bonds is 5. The fourth-order valence-electron chi connectivity index (χ4n) is 2.57. The number of nitrogens with zero attached hydrogens (tertiary/aromatic N) is 1. The number of pyridine rings is 1. The smallest absolute Gasteiger partial charge is 0.219 e. The number of hydrogen-bond donors (Lipinski definition) is 1. The zero-order valence-corrected chi connectivity index (χ0v) is 15.1. The van der Waals surface area contributed by atoms with Gasteiger partial charge in [-0.1, -0.05) is 13.0 Å². The van der Waals surface area contributed by atoms with Crippen LogP contribution in [0.2, 0.25) is 0 Å². The monoisotopic (exact) mass is 338 g/mol. The first kappa shape index (κ1) is 16.8. The van der Waals surface area contributed by atoms with Gasteiger partial charge in [-0.15, -0.1) is 11.8 Å². The highest BCUT2D eigenvalue weighted by Gasteiger charge is 2.07. The van der Waals surface area contributed by atoms with Crippen molar-refractivity contribution in [3.63, 3.8) is 0 Å². The van der Waals surface area contributed by atoms with E-state index in [4.69, 9.17) is 10.5 Å². The molecule has 1 unspecified atom stereocenters. The van der Waals surface area contributed by atoms with Crippen LogP contribution in [0, 0.1) is 6.92 Å². The van der Waals surface area contributed by atoms with Gasteiger partial charge in [0, 0.05) is 22.4 Å². The number of benzene rings is 2. The van der Waals surface area contributed by atoms with E-state index in [1.165, 1.54) is 4.90 Å². The number of aromatic nitrogens is 1. The molecular weight excluding hydrogens is 316 g/mol. The van der Waals surface area contributed by atoms with Crippen molar-refractivity contribution in [1.29, 1.82) is 0 Å². The van der Waals surface area contributed by atoms with Crippen molar-refractivity contribution in [2.45, 2.75) is 31.7 Å². The Kier molecular flexibility index (Phi) is 5.07. The van der Waals surface area contributed by atoms with Gasteiger partial charge in [0.15, 0.2) is 0 Å². The van der Waals surface area contributed by atoms with Crippen LogP contribution in [0.1, 0.15) is 31.0 Å². The first-order valence-electron chi connectivity index (χ1n) is 8.14. The van der Waals surface area contributed by atoms with Gasteiger partial charge in [0.25, 0.3) is 0 Å². The zero-order valence-electron chi connectivity index (χ0n) is 14.2. The van der Waals surface area contributed by atoms with E-state index in [-0.39, 0.29) is 6.04 Å². The van der Waals surface area contributed by atoms with Crippen LogP contribution in [0.3, 0.4) is 0 Å². The lowest BCUT2D eigenvalue weighted by Crippen LogP contribution is -2.04. The van der Waals surface area contributed by atoms with Crippen LogP contribution in [0.5, 0.6) is 11.6 Å². The minimum Gasteiger partial charge on any atom is -0.439 e. The van der Waals surface area contributed by atoms with Crippen LogP contribution in [0.25, 0.3) is 10.9 Å². The zero-order chi connectivity index (χ0) is 17.1. The summed E-state index contributed by atoms with van der Waals surface area (Å²) in [6.07, 6.45) is 0. The minimum atomic E-state index is 0.0208. The van der Waals surface area contributed by atoms with Crippen molar-refractivity contribution >= 4 is 22.7 Å². The molecule has 2 N–H and O–H groups in total. The first-order valence-corrected chi connectivity index (χ1v) is 9.13. The topological polar surface area (TPSA) is 48.1 Å². The van der Waals surface area contributed by atoms with Gasteiger partial charge < -0.3 is 10.5 Å². The number of ether oxygens (including phenoxy) is 1. The van der Waals surface area contributed by atoms with Crippen molar-refractivity contribution in [2.24, 2.45) is 5.73 Å². The highest BCUT2D eigenvalue weighted by molar-refractivity contribution is 7.99. The summed E-state index contributed by atoms with van der Waals surface area (Å²) in [6, 6.07) is 16.3. The Morgan fingerprint density at radius 2 is 1.96 bits per heavy atom. The molecule has 0 saturated carbocycles. The highest BCUT2D eigenvalue weighted by atomic mass is 32.2. The van der Waals surface area contributed by atoms with E-state index >= 15 is 0 Å². The molecule has 0 fully saturated rings. The number of thioether (sulfide) groups is 1. The summed E-state index contributed by atoms with van der Waals surface area (Å²) in [4.78, 5) is 5.86. The van der Waals surface area contributed by atoms with Gasteiger partial charge in [0.2, 0.25) is 5.88 Å². The molecule has 0 amide bonds. The molecule has 1 aromatic heterocycles. The third-order valence-corrected chi connectivity index (χ3v) is 4.76. The van der Waals surface area contributed by atoms with Gasteiger partial charge in [0.05, 0.1) is 5.52 Å². The number of fused-ring (bicyclic) bond motifs is 1. The van der Waals surface area contributed by atoms with E-state index in [0.717, 1.165) is 33.5 Å². The molecule has 0 aliphatic carbocycles. The summed E-state index contributed by atoms with van der Waals surface area (Å²) in [6.45, 7) is 6.20. The van der Waals surface area contributed by atoms with E-state index in [9.17, 15) is 0 Å². The van der Waals surface area contributed by atoms with Crippen LogP contribution < -0.4 is 10.5 Å². The lowest BCUT2D eigenvalue weighted by atomic mass is 10.1. The number of nitrogens with two attached hydrogens (primary N) is 1. The maximum Gasteiger partial charge on any atom is 0.219 e. The summed E-state index contributed by atoms with van der Waals surface area (Å²) in [5, 5.41) is 1.07. The van der Waals surface area contributed by atoms with E-state index in [0.29, 0.717) is 5.88 Å². The predicted octanol–water partition coefficient (Wildman–Crippen LogP) is 5.47. The number of hydrogen-bond acceptors (Lipinski definition) is 4. The molecule has 0 saturated heterocycles. The van der Waals surface area contributed by atoms with E-state index in [1.807, 2.05) is 49.0 Å². The van der Waals surface area contributed by atoms with Gasteiger partial charge in [-0.2, -0.15) is 0 Å². The van der Waals surface area contributed by atoms with Crippen molar-refractivity contribution in [3.05, 3.63) is 59.7 Å². The predicted molar refractivity (Wildman–Crippen MR) is 102 cm³/mol. The van der Waals surface area contributed by atoms with Crippen molar-refractivity contribution in [2.75, 3.05) is 5.75 Å². The van der Waals surface area contributed by atoms with Crippen LogP contribution in [0.4, 0.5) is 0 Å². The average Bonchev–Trinajstić information content (AvgIpc) is 2.57. The van der Waals surface area contributed by atoms with Crippen molar-refractivity contribution < 1.29 is 4.74 Å². The van der Waals surface area contributed by atoms with Gasteiger partial charge in [-0.3, -0.25) is 0 Å². The summed E-state index contributed by atoms with van der Waals surface area (Å²) in [5.41, 5.74) is 9.07. The standard InChI is InChI=1S/C20H22N2OS/c1-4-24-17-7-9-19(13(2)11-17)23-20-10-6-16-12-15(14(3)21)5-8-18(16)22-20/h5-12,14H,4,21H2,1-3H3. The molecule has 0 radical (unpaired) electrons. The molecule has 3 aromatic rings. The SMILES string of the molecule is CCSc1ccc(Oc2ccc3cc(C(C)N)ccc3n2)c(C)c1. The second kappa shape index (κ2) is 7.24. The molecule has 0 aliphatic heterocycles. The lowest BCUT2D eigenvalue weighted by Gasteiger charge is -2.11. The Hall–Kier alpha value is -2.04. The van der Waals surface area contributed by atoms with Gasteiger partial charge in [-0.05, 0) is 67.1 Å². The molecule has 1 atom stereocenters. The molecule has 0 bridgehead atoms. The van der Waals surface area contributed by atoms with Gasteiger partial charge >= 0.3 is 0 Å². The maximum absolute atomic E-state index is 5.98. The normalized spacial score (nSPS) is 12.3. The molecule has 1 heterocycles. The molecule has 24 heavy (non-hydrogen) atoms.